The summed E-state index contributed by atoms with van der Waals surface area (Å²) in [5.41, 5.74) is 0.887. The number of nitro groups is 1. The van der Waals surface area contributed by atoms with Crippen LogP contribution in [0, 0.1) is 27.4 Å². The monoisotopic (exact) mass is 287 g/mol. The third kappa shape index (κ3) is 2.69. The van der Waals surface area contributed by atoms with Crippen molar-refractivity contribution in [3.63, 3.8) is 0 Å². The third-order valence-electron chi connectivity index (χ3n) is 4.38. The van der Waals surface area contributed by atoms with E-state index >= 15 is 0 Å². The first-order valence-electron chi connectivity index (χ1n) is 7.24. The molecule has 6 heteroatoms. The molecule has 0 saturated carbocycles. The predicted octanol–water partition coefficient (Wildman–Crippen LogP) is 2.47. The van der Waals surface area contributed by atoms with Crippen LogP contribution < -0.4 is 4.90 Å². The fourth-order valence-corrected chi connectivity index (χ4v) is 3.29. The second kappa shape index (κ2) is 5.70. The highest BCUT2D eigenvalue weighted by molar-refractivity contribution is 5.60. The molecule has 0 unspecified atom stereocenters. The molecule has 0 aromatic heterocycles. The van der Waals surface area contributed by atoms with Crippen molar-refractivity contribution in [3.8, 4) is 6.07 Å². The highest BCUT2D eigenvalue weighted by Crippen LogP contribution is 2.32. The minimum Gasteiger partial charge on any atom is -0.378 e. The summed E-state index contributed by atoms with van der Waals surface area (Å²) in [5.74, 6) is 0.522. The Balaban J connectivity index is 1.81. The van der Waals surface area contributed by atoms with E-state index in [-0.39, 0.29) is 11.3 Å². The van der Waals surface area contributed by atoms with Crippen LogP contribution in [-0.4, -0.2) is 30.7 Å². The van der Waals surface area contributed by atoms with Crippen LogP contribution in [0.4, 0.5) is 11.4 Å². The molecule has 2 fully saturated rings. The standard InChI is InChI=1S/C15H17N3O3/c16-9-12-8-13(3-4-14(12)18(19)20)17-6-5-15-11(10-17)2-1-7-21-15/h3-4,8,11,15H,1-2,5-7,10H2/t11-,15-/m0/s1. The lowest BCUT2D eigenvalue weighted by molar-refractivity contribution is -0.385. The van der Waals surface area contributed by atoms with Crippen molar-refractivity contribution in [1.82, 2.24) is 0 Å². The van der Waals surface area contributed by atoms with Crippen molar-refractivity contribution in [1.29, 1.82) is 5.26 Å². The Bertz CT molecular complexity index is 596. The van der Waals surface area contributed by atoms with Crippen molar-refractivity contribution in [2.75, 3.05) is 24.6 Å². The lowest BCUT2D eigenvalue weighted by Crippen LogP contribution is -2.46. The van der Waals surface area contributed by atoms with Gasteiger partial charge in [-0.25, -0.2) is 0 Å². The number of benzene rings is 1. The average Bonchev–Trinajstić information content (AvgIpc) is 2.53. The number of piperidine rings is 1. The van der Waals surface area contributed by atoms with E-state index in [1.54, 1.807) is 12.1 Å². The van der Waals surface area contributed by atoms with Gasteiger partial charge < -0.3 is 9.64 Å². The van der Waals surface area contributed by atoms with Crippen molar-refractivity contribution in [3.05, 3.63) is 33.9 Å². The van der Waals surface area contributed by atoms with Crippen LogP contribution >= 0.6 is 0 Å². The minimum absolute atomic E-state index is 0.125. The van der Waals surface area contributed by atoms with Crippen LogP contribution in [0.3, 0.4) is 0 Å². The van der Waals surface area contributed by atoms with Gasteiger partial charge >= 0.3 is 0 Å². The maximum absolute atomic E-state index is 10.9. The molecule has 6 nitrogen and oxygen atoms in total. The van der Waals surface area contributed by atoms with Gasteiger partial charge in [0.2, 0.25) is 0 Å². The molecule has 2 aliphatic heterocycles. The number of anilines is 1. The zero-order valence-corrected chi connectivity index (χ0v) is 11.7. The van der Waals surface area contributed by atoms with Crippen molar-refractivity contribution < 1.29 is 9.66 Å². The molecule has 0 radical (unpaired) electrons. The summed E-state index contributed by atoms with van der Waals surface area (Å²) in [6.45, 7) is 2.62. The molecule has 2 heterocycles. The Hall–Kier alpha value is -2.13. The van der Waals surface area contributed by atoms with Gasteiger partial charge in [0.15, 0.2) is 0 Å². The SMILES string of the molecule is N#Cc1cc(N2CC[C@@H]3OCCC[C@H]3C2)ccc1[N+](=O)[O-]. The minimum atomic E-state index is -0.510. The summed E-state index contributed by atoms with van der Waals surface area (Å²) in [7, 11) is 0. The molecule has 0 aliphatic carbocycles. The van der Waals surface area contributed by atoms with Crippen LogP contribution in [-0.2, 0) is 4.74 Å². The Kier molecular flexibility index (Phi) is 3.76. The van der Waals surface area contributed by atoms with E-state index in [1.165, 1.54) is 12.5 Å². The molecule has 0 N–H and O–H groups in total. The number of hydrogen-bond donors (Lipinski definition) is 0. The topological polar surface area (TPSA) is 79.4 Å². The molecule has 0 bridgehead atoms. The number of fused-ring (bicyclic) bond motifs is 1. The van der Waals surface area contributed by atoms with E-state index < -0.39 is 4.92 Å². The molecule has 2 aliphatic rings. The summed E-state index contributed by atoms with van der Waals surface area (Å²) in [6, 6.07) is 6.71. The van der Waals surface area contributed by atoms with Gasteiger partial charge in [-0.1, -0.05) is 0 Å². The number of nitrogens with zero attached hydrogens (tertiary/aromatic N) is 3. The van der Waals surface area contributed by atoms with Crippen molar-refractivity contribution in [2.45, 2.75) is 25.4 Å². The van der Waals surface area contributed by atoms with Crippen LogP contribution in [0.25, 0.3) is 0 Å². The number of rotatable bonds is 2. The van der Waals surface area contributed by atoms with Crippen LogP contribution in [0.1, 0.15) is 24.8 Å². The van der Waals surface area contributed by atoms with E-state index in [2.05, 4.69) is 4.90 Å². The van der Waals surface area contributed by atoms with Gasteiger partial charge in [-0.15, -0.1) is 0 Å². The fourth-order valence-electron chi connectivity index (χ4n) is 3.29. The largest absolute Gasteiger partial charge is 0.378 e. The normalized spacial score (nSPS) is 25.0. The second-order valence-corrected chi connectivity index (χ2v) is 5.62. The number of ether oxygens (including phenoxy) is 1. The van der Waals surface area contributed by atoms with Gasteiger partial charge in [-0.3, -0.25) is 10.1 Å². The van der Waals surface area contributed by atoms with E-state index in [4.69, 9.17) is 10.00 Å². The Morgan fingerprint density at radius 2 is 2.29 bits per heavy atom. The van der Waals surface area contributed by atoms with Crippen LogP contribution in [0.2, 0.25) is 0 Å². The molecule has 1 aromatic carbocycles. The zero-order chi connectivity index (χ0) is 14.8. The third-order valence-corrected chi connectivity index (χ3v) is 4.38. The van der Waals surface area contributed by atoms with E-state index in [9.17, 15) is 10.1 Å². The molecule has 21 heavy (non-hydrogen) atoms. The molecule has 3 rings (SSSR count). The highest BCUT2D eigenvalue weighted by atomic mass is 16.6. The second-order valence-electron chi connectivity index (χ2n) is 5.62. The highest BCUT2D eigenvalue weighted by Gasteiger charge is 2.32. The van der Waals surface area contributed by atoms with Crippen molar-refractivity contribution in [2.24, 2.45) is 5.92 Å². The summed E-state index contributed by atoms with van der Waals surface area (Å²) in [4.78, 5) is 12.6. The van der Waals surface area contributed by atoms with Gasteiger partial charge in [0.25, 0.3) is 5.69 Å². The number of nitro benzene ring substituents is 1. The molecule has 2 atom stereocenters. The zero-order valence-electron chi connectivity index (χ0n) is 11.7. The van der Waals surface area contributed by atoms with Gasteiger partial charge in [-0.2, -0.15) is 5.26 Å². The summed E-state index contributed by atoms with van der Waals surface area (Å²) < 4.78 is 5.79. The molecule has 0 amide bonds. The summed E-state index contributed by atoms with van der Waals surface area (Å²) >= 11 is 0. The maximum Gasteiger partial charge on any atom is 0.287 e. The number of hydrogen-bond acceptors (Lipinski definition) is 5. The van der Waals surface area contributed by atoms with Gasteiger partial charge in [0, 0.05) is 37.4 Å². The molecule has 0 spiro atoms. The van der Waals surface area contributed by atoms with Crippen LogP contribution in [0.15, 0.2) is 18.2 Å². The van der Waals surface area contributed by atoms with E-state index in [1.807, 2.05) is 6.07 Å². The Labute approximate surface area is 123 Å². The van der Waals surface area contributed by atoms with Crippen LogP contribution in [0.5, 0.6) is 0 Å². The van der Waals surface area contributed by atoms with Gasteiger partial charge in [0.05, 0.1) is 11.0 Å². The Morgan fingerprint density at radius 1 is 1.43 bits per heavy atom. The van der Waals surface area contributed by atoms with E-state index in [0.717, 1.165) is 38.2 Å². The quantitative estimate of drug-likeness (QED) is 0.616. The fraction of sp³-hybridized carbons (Fsp3) is 0.533. The molecular weight excluding hydrogens is 270 g/mol. The molecule has 110 valence electrons. The Morgan fingerprint density at radius 3 is 3.05 bits per heavy atom. The first kappa shape index (κ1) is 13.8. The van der Waals surface area contributed by atoms with Gasteiger partial charge in [-0.05, 0) is 31.4 Å². The van der Waals surface area contributed by atoms with Gasteiger partial charge in [0.1, 0.15) is 11.6 Å². The summed E-state index contributed by atoms with van der Waals surface area (Å²) in [6.07, 6.45) is 3.59. The molecule has 1 aromatic rings. The lowest BCUT2D eigenvalue weighted by Gasteiger charge is -2.42. The first-order valence-corrected chi connectivity index (χ1v) is 7.24. The lowest BCUT2D eigenvalue weighted by atomic mass is 9.88. The maximum atomic E-state index is 10.9. The summed E-state index contributed by atoms with van der Waals surface area (Å²) in [5, 5.41) is 20.0. The predicted molar refractivity (Wildman–Crippen MR) is 77.1 cm³/mol. The first-order chi connectivity index (χ1) is 10.2. The molecule has 2 saturated heterocycles. The van der Waals surface area contributed by atoms with E-state index in [0.29, 0.717) is 12.0 Å². The smallest absolute Gasteiger partial charge is 0.287 e. The number of nitriles is 1. The van der Waals surface area contributed by atoms with Crippen molar-refractivity contribution >= 4 is 11.4 Å². The molecular formula is C15H17N3O3. The average molecular weight is 287 g/mol.